The molecule has 0 bridgehead atoms. The van der Waals surface area contributed by atoms with Crippen molar-refractivity contribution in [3.8, 4) is 5.75 Å². The molecular formula is C7H8OPb. The van der Waals surface area contributed by atoms with E-state index in [1.165, 1.54) is 0 Å². The van der Waals surface area contributed by atoms with Gasteiger partial charge in [-0.2, -0.15) is 0 Å². The quantitative estimate of drug-likeness (QED) is 0.716. The predicted octanol–water partition coefficient (Wildman–Crippen LogP) is 1.32. The van der Waals surface area contributed by atoms with Crippen LogP contribution in [0.4, 0.5) is 0 Å². The van der Waals surface area contributed by atoms with Crippen molar-refractivity contribution in [1.82, 2.24) is 0 Å². The van der Waals surface area contributed by atoms with E-state index in [2.05, 4.69) is 0 Å². The second-order valence-corrected chi connectivity index (χ2v) is 1.79. The van der Waals surface area contributed by atoms with Gasteiger partial charge >= 0.3 is 0 Å². The molecule has 1 nitrogen and oxygen atoms in total. The standard InChI is InChI=1S/C7H8O.Pb/c1-6-4-2-3-5-7(6)8;/h2-5,8H,1H3;. The minimum absolute atomic E-state index is 0. The summed E-state index contributed by atoms with van der Waals surface area (Å²) < 4.78 is 0. The first-order valence-corrected chi connectivity index (χ1v) is 2.55. The Morgan fingerprint density at radius 1 is 1.22 bits per heavy atom. The molecule has 0 saturated heterocycles. The summed E-state index contributed by atoms with van der Waals surface area (Å²) >= 11 is 0. The summed E-state index contributed by atoms with van der Waals surface area (Å²) in [5.74, 6) is 0.368. The number of aryl methyl sites for hydroxylation is 1. The number of benzene rings is 1. The molecule has 0 spiro atoms. The van der Waals surface area contributed by atoms with Crippen LogP contribution in [0.15, 0.2) is 24.3 Å². The molecule has 0 unspecified atom stereocenters. The van der Waals surface area contributed by atoms with E-state index in [9.17, 15) is 0 Å². The van der Waals surface area contributed by atoms with E-state index in [0.29, 0.717) is 5.75 Å². The van der Waals surface area contributed by atoms with Crippen LogP contribution in [0.3, 0.4) is 0 Å². The molecule has 0 aromatic heterocycles. The van der Waals surface area contributed by atoms with Crippen LogP contribution in [0.2, 0.25) is 0 Å². The first-order valence-electron chi connectivity index (χ1n) is 2.55. The zero-order chi connectivity index (χ0) is 5.98. The molecule has 0 heterocycles. The molecule has 1 rings (SSSR count). The minimum Gasteiger partial charge on any atom is -0.508 e. The summed E-state index contributed by atoms with van der Waals surface area (Å²) in [4.78, 5) is 0. The van der Waals surface area contributed by atoms with E-state index in [1.54, 1.807) is 6.07 Å². The minimum atomic E-state index is 0. The Bertz CT molecular complexity index is 165. The van der Waals surface area contributed by atoms with Crippen molar-refractivity contribution in [3.63, 3.8) is 0 Å². The third-order valence-corrected chi connectivity index (χ3v) is 1.12. The van der Waals surface area contributed by atoms with Gasteiger partial charge in [-0.15, -0.1) is 0 Å². The van der Waals surface area contributed by atoms with E-state index in [4.69, 9.17) is 5.11 Å². The van der Waals surface area contributed by atoms with Crippen LogP contribution in [-0.2, 0) is 0 Å². The van der Waals surface area contributed by atoms with Gasteiger partial charge in [-0.25, -0.2) is 0 Å². The Morgan fingerprint density at radius 3 is 2.11 bits per heavy atom. The molecule has 9 heavy (non-hydrogen) atoms. The second kappa shape index (κ2) is 3.87. The Kier molecular flexibility index (Phi) is 3.85. The number of hydrogen-bond acceptors (Lipinski definition) is 1. The molecule has 1 aromatic rings. The van der Waals surface area contributed by atoms with Crippen molar-refractivity contribution in [1.29, 1.82) is 0 Å². The normalized spacial score (nSPS) is 8.11. The fourth-order valence-corrected chi connectivity index (χ4v) is 0.563. The predicted molar refractivity (Wildman–Crippen MR) is 38.6 cm³/mol. The van der Waals surface area contributed by atoms with Gasteiger partial charge in [-0.1, -0.05) is 18.2 Å². The molecule has 2 heteroatoms. The zero-order valence-electron chi connectivity index (χ0n) is 5.26. The van der Waals surface area contributed by atoms with Crippen molar-refractivity contribution in [2.45, 2.75) is 6.92 Å². The largest absolute Gasteiger partial charge is 0.508 e. The zero-order valence-corrected chi connectivity index (χ0v) is 9.14. The van der Waals surface area contributed by atoms with Crippen molar-refractivity contribution >= 4 is 27.3 Å². The second-order valence-electron chi connectivity index (χ2n) is 1.79. The van der Waals surface area contributed by atoms with Gasteiger partial charge in [0.15, 0.2) is 0 Å². The van der Waals surface area contributed by atoms with Gasteiger partial charge in [0.05, 0.1) is 0 Å². The van der Waals surface area contributed by atoms with E-state index in [-0.39, 0.29) is 27.3 Å². The fourth-order valence-electron chi connectivity index (χ4n) is 0.563. The van der Waals surface area contributed by atoms with Crippen LogP contribution in [0.5, 0.6) is 5.75 Å². The first kappa shape index (κ1) is 8.94. The van der Waals surface area contributed by atoms with E-state index in [1.807, 2.05) is 25.1 Å². The van der Waals surface area contributed by atoms with E-state index in [0.717, 1.165) is 5.56 Å². The molecule has 0 fully saturated rings. The molecule has 0 aliphatic rings. The molecule has 0 aliphatic carbocycles. The maximum Gasteiger partial charge on any atom is 0.118 e. The first-order chi connectivity index (χ1) is 3.80. The van der Waals surface area contributed by atoms with Crippen molar-refractivity contribution in [2.24, 2.45) is 0 Å². The Hall–Kier alpha value is -0.0579. The molecule has 0 atom stereocenters. The van der Waals surface area contributed by atoms with Gasteiger partial charge in [0, 0.05) is 27.3 Å². The van der Waals surface area contributed by atoms with E-state index < -0.39 is 0 Å². The maximum atomic E-state index is 8.92. The topological polar surface area (TPSA) is 20.2 Å². The number of rotatable bonds is 0. The summed E-state index contributed by atoms with van der Waals surface area (Å²) in [5.41, 5.74) is 0.924. The van der Waals surface area contributed by atoms with Gasteiger partial charge in [-0.3, -0.25) is 0 Å². The summed E-state index contributed by atoms with van der Waals surface area (Å²) in [6.45, 7) is 1.87. The number of phenols is 1. The van der Waals surface area contributed by atoms with Gasteiger partial charge in [0.25, 0.3) is 0 Å². The maximum absolute atomic E-state index is 8.92. The number of phenolic OH excluding ortho intramolecular Hbond substituents is 1. The summed E-state index contributed by atoms with van der Waals surface area (Å²) in [5, 5.41) is 8.92. The summed E-state index contributed by atoms with van der Waals surface area (Å²) in [6, 6.07) is 7.25. The molecule has 46 valence electrons. The van der Waals surface area contributed by atoms with Gasteiger partial charge in [0.2, 0.25) is 0 Å². The molecule has 4 radical (unpaired) electrons. The average Bonchev–Trinajstić information content (AvgIpc) is 1.77. The van der Waals surface area contributed by atoms with Crippen LogP contribution >= 0.6 is 0 Å². The number of hydrogen-bond donors (Lipinski definition) is 1. The van der Waals surface area contributed by atoms with Gasteiger partial charge < -0.3 is 5.11 Å². The Morgan fingerprint density at radius 2 is 1.78 bits per heavy atom. The third-order valence-electron chi connectivity index (χ3n) is 1.12. The average molecular weight is 315 g/mol. The molecule has 0 amide bonds. The van der Waals surface area contributed by atoms with Gasteiger partial charge in [-0.05, 0) is 18.6 Å². The van der Waals surface area contributed by atoms with E-state index >= 15 is 0 Å². The molecule has 0 aliphatic heterocycles. The van der Waals surface area contributed by atoms with Crippen molar-refractivity contribution < 1.29 is 5.11 Å². The Labute approximate surface area is 74.9 Å². The van der Waals surface area contributed by atoms with Gasteiger partial charge in [0.1, 0.15) is 5.75 Å². The molecule has 0 saturated carbocycles. The summed E-state index contributed by atoms with van der Waals surface area (Å²) in [7, 11) is 0. The molecular weight excluding hydrogens is 307 g/mol. The molecule has 1 N–H and O–H groups in total. The smallest absolute Gasteiger partial charge is 0.118 e. The number of aromatic hydroxyl groups is 1. The Balaban J connectivity index is 0.000000640. The van der Waals surface area contributed by atoms with Crippen molar-refractivity contribution in [3.05, 3.63) is 29.8 Å². The van der Waals surface area contributed by atoms with Crippen LogP contribution < -0.4 is 0 Å². The SMILES string of the molecule is Cc1ccccc1O.[Pb]. The van der Waals surface area contributed by atoms with Crippen LogP contribution in [0.1, 0.15) is 5.56 Å². The van der Waals surface area contributed by atoms with Crippen LogP contribution in [0, 0.1) is 6.92 Å². The number of para-hydroxylation sites is 1. The fraction of sp³-hybridized carbons (Fsp3) is 0.143. The monoisotopic (exact) mass is 316 g/mol. The molecule has 1 aromatic carbocycles. The third kappa shape index (κ3) is 2.34. The van der Waals surface area contributed by atoms with Crippen LogP contribution in [0.25, 0.3) is 0 Å². The van der Waals surface area contributed by atoms with Crippen molar-refractivity contribution in [2.75, 3.05) is 0 Å². The summed E-state index contributed by atoms with van der Waals surface area (Å²) in [6.07, 6.45) is 0. The van der Waals surface area contributed by atoms with Crippen LogP contribution in [-0.4, -0.2) is 32.4 Å².